The standard InChI is InChI=1S/C14H19ClN4O2/c1-14(2,16)8-18-12(20)9-3-4-10(15)11(7-9)19-6-5-17-13(19)21/h3-4,7H,5-6,8,16H2,1-2H3,(H,17,21)(H,18,20). The second kappa shape index (κ2) is 5.91. The summed E-state index contributed by atoms with van der Waals surface area (Å²) in [6.07, 6.45) is 0. The first-order valence-electron chi connectivity index (χ1n) is 6.70. The number of hydrogen-bond donors (Lipinski definition) is 3. The highest BCUT2D eigenvalue weighted by atomic mass is 35.5. The van der Waals surface area contributed by atoms with Crippen LogP contribution in [0.4, 0.5) is 10.5 Å². The third-order valence-corrected chi connectivity index (χ3v) is 3.38. The molecule has 0 aromatic heterocycles. The first kappa shape index (κ1) is 15.6. The Morgan fingerprint density at radius 2 is 2.24 bits per heavy atom. The van der Waals surface area contributed by atoms with Crippen molar-refractivity contribution in [2.24, 2.45) is 5.73 Å². The summed E-state index contributed by atoms with van der Waals surface area (Å²) in [5.74, 6) is -0.244. The maximum Gasteiger partial charge on any atom is 0.322 e. The van der Waals surface area contributed by atoms with Gasteiger partial charge in [0.2, 0.25) is 0 Å². The monoisotopic (exact) mass is 310 g/mol. The van der Waals surface area contributed by atoms with E-state index in [0.717, 1.165) is 0 Å². The number of amides is 3. The van der Waals surface area contributed by atoms with E-state index in [2.05, 4.69) is 10.6 Å². The van der Waals surface area contributed by atoms with Gasteiger partial charge in [0.25, 0.3) is 5.91 Å². The Labute approximate surface area is 128 Å². The van der Waals surface area contributed by atoms with Gasteiger partial charge in [-0.1, -0.05) is 11.6 Å². The SMILES string of the molecule is CC(C)(N)CNC(=O)c1ccc(Cl)c(N2CCNC2=O)c1. The molecule has 3 amide bonds. The Hall–Kier alpha value is -1.79. The number of anilines is 1. The topological polar surface area (TPSA) is 87.5 Å². The first-order valence-corrected chi connectivity index (χ1v) is 7.08. The van der Waals surface area contributed by atoms with Crippen LogP contribution >= 0.6 is 11.6 Å². The smallest absolute Gasteiger partial charge is 0.322 e. The summed E-state index contributed by atoms with van der Waals surface area (Å²) >= 11 is 6.12. The largest absolute Gasteiger partial charge is 0.350 e. The lowest BCUT2D eigenvalue weighted by Crippen LogP contribution is -2.45. The molecule has 1 fully saturated rings. The van der Waals surface area contributed by atoms with Crippen LogP contribution in [0.5, 0.6) is 0 Å². The summed E-state index contributed by atoms with van der Waals surface area (Å²) in [7, 11) is 0. The van der Waals surface area contributed by atoms with Gasteiger partial charge in [0.05, 0.1) is 10.7 Å². The molecule has 1 saturated heterocycles. The molecule has 21 heavy (non-hydrogen) atoms. The molecule has 1 aromatic rings. The summed E-state index contributed by atoms with van der Waals surface area (Å²) in [6.45, 7) is 5.10. The van der Waals surface area contributed by atoms with Gasteiger partial charge in [-0.05, 0) is 32.0 Å². The summed E-state index contributed by atoms with van der Waals surface area (Å²) in [6, 6.07) is 4.65. The first-order chi connectivity index (χ1) is 9.78. The van der Waals surface area contributed by atoms with Crippen LogP contribution in [0, 0.1) is 0 Å². The zero-order valence-corrected chi connectivity index (χ0v) is 12.8. The average Bonchev–Trinajstić information content (AvgIpc) is 2.82. The molecule has 1 aliphatic heterocycles. The Morgan fingerprint density at radius 3 is 2.81 bits per heavy atom. The van der Waals surface area contributed by atoms with Crippen molar-refractivity contribution in [2.45, 2.75) is 19.4 Å². The van der Waals surface area contributed by atoms with Gasteiger partial charge in [0, 0.05) is 30.7 Å². The fourth-order valence-electron chi connectivity index (χ4n) is 1.97. The predicted molar refractivity (Wildman–Crippen MR) is 82.8 cm³/mol. The molecular formula is C14H19ClN4O2. The molecular weight excluding hydrogens is 292 g/mol. The maximum absolute atomic E-state index is 12.1. The van der Waals surface area contributed by atoms with Gasteiger partial charge in [-0.2, -0.15) is 0 Å². The normalized spacial score (nSPS) is 15.0. The Morgan fingerprint density at radius 1 is 1.52 bits per heavy atom. The number of hydrogen-bond acceptors (Lipinski definition) is 3. The minimum Gasteiger partial charge on any atom is -0.350 e. The molecule has 1 heterocycles. The van der Waals surface area contributed by atoms with Gasteiger partial charge in [0.15, 0.2) is 0 Å². The second-order valence-corrected chi connectivity index (χ2v) is 6.13. The molecule has 6 nitrogen and oxygen atoms in total. The molecule has 0 spiro atoms. The number of nitrogens with zero attached hydrogens (tertiary/aromatic N) is 1. The van der Waals surface area contributed by atoms with E-state index in [1.807, 2.05) is 13.8 Å². The third kappa shape index (κ3) is 3.86. The molecule has 114 valence electrons. The highest BCUT2D eigenvalue weighted by Gasteiger charge is 2.24. The predicted octanol–water partition coefficient (Wildman–Crippen LogP) is 1.34. The average molecular weight is 311 g/mol. The van der Waals surface area contributed by atoms with Gasteiger partial charge in [0.1, 0.15) is 0 Å². The highest BCUT2D eigenvalue weighted by Crippen LogP contribution is 2.28. The number of halogens is 1. The van der Waals surface area contributed by atoms with Crippen LogP contribution < -0.4 is 21.3 Å². The summed E-state index contributed by atoms with van der Waals surface area (Å²) in [5, 5.41) is 5.89. The van der Waals surface area contributed by atoms with E-state index in [0.29, 0.717) is 35.9 Å². The number of benzene rings is 1. The van der Waals surface area contributed by atoms with Crippen molar-refractivity contribution in [1.29, 1.82) is 0 Å². The second-order valence-electron chi connectivity index (χ2n) is 5.72. The number of nitrogens with one attached hydrogen (secondary N) is 2. The minimum atomic E-state index is -0.486. The van der Waals surface area contributed by atoms with E-state index in [4.69, 9.17) is 17.3 Å². The molecule has 0 aliphatic carbocycles. The zero-order valence-electron chi connectivity index (χ0n) is 12.1. The molecule has 4 N–H and O–H groups in total. The van der Waals surface area contributed by atoms with Crippen molar-refractivity contribution in [3.8, 4) is 0 Å². The van der Waals surface area contributed by atoms with E-state index in [1.165, 1.54) is 4.90 Å². The highest BCUT2D eigenvalue weighted by molar-refractivity contribution is 6.34. The molecule has 1 aliphatic rings. The summed E-state index contributed by atoms with van der Waals surface area (Å²) < 4.78 is 0. The van der Waals surface area contributed by atoms with Crippen LogP contribution in [-0.4, -0.2) is 37.1 Å². The van der Waals surface area contributed by atoms with Crippen LogP contribution in [0.2, 0.25) is 5.02 Å². The quantitative estimate of drug-likeness (QED) is 0.784. The van der Waals surface area contributed by atoms with Crippen LogP contribution in [0.3, 0.4) is 0 Å². The van der Waals surface area contributed by atoms with E-state index in [-0.39, 0.29) is 11.9 Å². The molecule has 0 unspecified atom stereocenters. The van der Waals surface area contributed by atoms with Crippen molar-refractivity contribution < 1.29 is 9.59 Å². The van der Waals surface area contributed by atoms with E-state index in [1.54, 1.807) is 18.2 Å². The van der Waals surface area contributed by atoms with E-state index < -0.39 is 5.54 Å². The van der Waals surface area contributed by atoms with Gasteiger partial charge in [-0.15, -0.1) is 0 Å². The van der Waals surface area contributed by atoms with Crippen LogP contribution in [0.15, 0.2) is 18.2 Å². The number of carbonyl (C=O) groups is 2. The molecule has 1 aromatic carbocycles. The number of rotatable bonds is 4. The lowest BCUT2D eigenvalue weighted by Gasteiger charge is -2.20. The van der Waals surface area contributed by atoms with Crippen molar-refractivity contribution in [3.63, 3.8) is 0 Å². The van der Waals surface area contributed by atoms with Gasteiger partial charge < -0.3 is 16.4 Å². The summed E-state index contributed by atoms with van der Waals surface area (Å²) in [4.78, 5) is 25.3. The minimum absolute atomic E-state index is 0.211. The lowest BCUT2D eigenvalue weighted by atomic mass is 10.1. The molecule has 2 rings (SSSR count). The lowest BCUT2D eigenvalue weighted by molar-refractivity contribution is 0.0946. The number of carbonyl (C=O) groups excluding carboxylic acids is 2. The number of nitrogens with two attached hydrogens (primary N) is 1. The van der Waals surface area contributed by atoms with Crippen molar-refractivity contribution >= 4 is 29.2 Å². The summed E-state index contributed by atoms with van der Waals surface area (Å²) in [5.41, 5.74) is 6.33. The molecule has 0 radical (unpaired) electrons. The fourth-order valence-corrected chi connectivity index (χ4v) is 2.19. The van der Waals surface area contributed by atoms with Gasteiger partial charge in [-0.3, -0.25) is 9.69 Å². The maximum atomic E-state index is 12.1. The molecule has 0 atom stereocenters. The van der Waals surface area contributed by atoms with Crippen molar-refractivity contribution in [1.82, 2.24) is 10.6 Å². The third-order valence-electron chi connectivity index (χ3n) is 3.06. The number of urea groups is 1. The van der Waals surface area contributed by atoms with Crippen LogP contribution in [0.1, 0.15) is 24.2 Å². The van der Waals surface area contributed by atoms with Crippen molar-refractivity contribution in [3.05, 3.63) is 28.8 Å². The van der Waals surface area contributed by atoms with E-state index in [9.17, 15) is 9.59 Å². The van der Waals surface area contributed by atoms with Gasteiger partial charge >= 0.3 is 6.03 Å². The Balaban J connectivity index is 2.18. The molecule has 7 heteroatoms. The van der Waals surface area contributed by atoms with E-state index >= 15 is 0 Å². The fraction of sp³-hybridized carbons (Fsp3) is 0.429. The Bertz CT molecular complexity index is 569. The van der Waals surface area contributed by atoms with Crippen molar-refractivity contribution in [2.75, 3.05) is 24.5 Å². The van der Waals surface area contributed by atoms with Crippen LogP contribution in [-0.2, 0) is 0 Å². The van der Waals surface area contributed by atoms with Gasteiger partial charge in [-0.25, -0.2) is 4.79 Å². The molecule has 0 saturated carbocycles. The molecule has 0 bridgehead atoms. The Kier molecular flexibility index (Phi) is 4.39. The van der Waals surface area contributed by atoms with Crippen LogP contribution in [0.25, 0.3) is 0 Å². The zero-order chi connectivity index (χ0) is 15.6.